The zero-order valence-corrected chi connectivity index (χ0v) is 17.2. The number of hydrogen-bond donors (Lipinski definition) is 2. The first-order valence-corrected chi connectivity index (χ1v) is 9.37. The van der Waals surface area contributed by atoms with Gasteiger partial charge in [-0.05, 0) is 55.7 Å². The van der Waals surface area contributed by atoms with Gasteiger partial charge < -0.3 is 15.1 Å². The predicted molar refractivity (Wildman–Crippen MR) is 109 cm³/mol. The van der Waals surface area contributed by atoms with Gasteiger partial charge in [0.15, 0.2) is 12.6 Å². The largest absolute Gasteiger partial charge is 0.336 e. The first-order chi connectivity index (χ1) is 13.2. The van der Waals surface area contributed by atoms with E-state index in [2.05, 4.69) is 5.32 Å². The molecular weight excluding hydrogens is 357 g/mol. The van der Waals surface area contributed by atoms with E-state index in [9.17, 15) is 14.0 Å². The molecule has 0 saturated carbocycles. The SMILES string of the molecule is Cc1cccc(NC(=O)C[NH+](C)[C@@H](C)C(=O)N(C)Cc2cccc(F)c2)c1C. The number of amides is 2. The van der Waals surface area contributed by atoms with Gasteiger partial charge in [-0.1, -0.05) is 24.3 Å². The molecule has 0 radical (unpaired) electrons. The van der Waals surface area contributed by atoms with Crippen LogP contribution in [0.25, 0.3) is 0 Å². The summed E-state index contributed by atoms with van der Waals surface area (Å²) in [5, 5.41) is 2.92. The molecule has 2 aromatic rings. The number of halogens is 1. The van der Waals surface area contributed by atoms with Crippen LogP contribution in [0.4, 0.5) is 10.1 Å². The summed E-state index contributed by atoms with van der Waals surface area (Å²) < 4.78 is 13.3. The number of anilines is 1. The molecule has 0 aromatic heterocycles. The molecule has 0 aliphatic heterocycles. The number of nitrogens with one attached hydrogen (secondary N) is 2. The van der Waals surface area contributed by atoms with Crippen molar-refractivity contribution in [1.82, 2.24) is 4.90 Å². The van der Waals surface area contributed by atoms with Crippen LogP contribution in [-0.2, 0) is 16.1 Å². The second kappa shape index (κ2) is 9.46. The van der Waals surface area contributed by atoms with Gasteiger partial charge in [-0.3, -0.25) is 9.59 Å². The monoisotopic (exact) mass is 386 g/mol. The Balaban J connectivity index is 1.93. The summed E-state index contributed by atoms with van der Waals surface area (Å²) in [4.78, 5) is 27.5. The molecular formula is C22H29FN3O2+. The average Bonchev–Trinajstić information content (AvgIpc) is 2.64. The highest BCUT2D eigenvalue weighted by Crippen LogP contribution is 2.17. The minimum atomic E-state index is -0.400. The number of nitrogens with zero attached hydrogens (tertiary/aromatic N) is 1. The minimum Gasteiger partial charge on any atom is -0.336 e. The van der Waals surface area contributed by atoms with Crippen molar-refractivity contribution in [3.8, 4) is 0 Å². The standard InChI is InChI=1S/C22H28FN3O2/c1-15-8-6-11-20(16(15)2)24-21(27)14-25(4)17(3)22(28)26(5)13-18-9-7-10-19(23)12-18/h6-12,17H,13-14H2,1-5H3,(H,24,27)/p+1/t17-/m0/s1. The number of hydrogen-bond acceptors (Lipinski definition) is 2. The lowest BCUT2D eigenvalue weighted by Gasteiger charge is -2.25. The third-order valence-corrected chi connectivity index (χ3v) is 5.11. The van der Waals surface area contributed by atoms with Crippen molar-refractivity contribution in [3.63, 3.8) is 0 Å². The predicted octanol–water partition coefficient (Wildman–Crippen LogP) is 1.94. The van der Waals surface area contributed by atoms with Gasteiger partial charge in [0, 0.05) is 19.3 Å². The number of benzene rings is 2. The van der Waals surface area contributed by atoms with Crippen LogP contribution in [0.2, 0.25) is 0 Å². The third-order valence-electron chi connectivity index (χ3n) is 5.11. The van der Waals surface area contributed by atoms with Gasteiger partial charge in [-0.25, -0.2) is 4.39 Å². The highest BCUT2D eigenvalue weighted by molar-refractivity contribution is 5.92. The van der Waals surface area contributed by atoms with Crippen LogP contribution in [0.5, 0.6) is 0 Å². The van der Waals surface area contributed by atoms with E-state index in [1.54, 1.807) is 31.0 Å². The summed E-state index contributed by atoms with van der Waals surface area (Å²) in [7, 11) is 3.51. The van der Waals surface area contributed by atoms with E-state index in [-0.39, 0.29) is 24.2 Å². The van der Waals surface area contributed by atoms with Crippen molar-refractivity contribution in [2.45, 2.75) is 33.4 Å². The normalized spacial score (nSPS) is 12.9. The Morgan fingerprint density at radius 2 is 1.86 bits per heavy atom. The fraction of sp³-hybridized carbons (Fsp3) is 0.364. The summed E-state index contributed by atoms with van der Waals surface area (Å²) in [6, 6.07) is 11.6. The topological polar surface area (TPSA) is 53.9 Å². The molecule has 1 unspecified atom stereocenters. The summed E-state index contributed by atoms with van der Waals surface area (Å²) in [6.07, 6.45) is 0. The molecule has 0 spiro atoms. The number of carbonyl (C=O) groups excluding carboxylic acids is 2. The van der Waals surface area contributed by atoms with Crippen molar-refractivity contribution in [2.24, 2.45) is 0 Å². The molecule has 28 heavy (non-hydrogen) atoms. The maximum absolute atomic E-state index is 13.3. The quantitative estimate of drug-likeness (QED) is 0.764. The molecule has 0 aliphatic rings. The van der Waals surface area contributed by atoms with Crippen LogP contribution in [0.3, 0.4) is 0 Å². The molecule has 0 bridgehead atoms. The van der Waals surface area contributed by atoms with Crippen LogP contribution >= 0.6 is 0 Å². The molecule has 2 atom stereocenters. The van der Waals surface area contributed by atoms with Gasteiger partial charge >= 0.3 is 0 Å². The molecule has 2 aromatic carbocycles. The van der Waals surface area contributed by atoms with Crippen LogP contribution < -0.4 is 10.2 Å². The summed E-state index contributed by atoms with van der Waals surface area (Å²) >= 11 is 0. The lowest BCUT2D eigenvalue weighted by molar-refractivity contribution is -0.886. The minimum absolute atomic E-state index is 0.0960. The third kappa shape index (κ3) is 5.63. The van der Waals surface area contributed by atoms with Crippen molar-refractivity contribution in [3.05, 3.63) is 65.0 Å². The molecule has 2 rings (SSSR count). The number of carbonyl (C=O) groups is 2. The summed E-state index contributed by atoms with van der Waals surface area (Å²) in [5.41, 5.74) is 3.67. The average molecular weight is 386 g/mol. The van der Waals surface area contributed by atoms with E-state index in [0.29, 0.717) is 6.54 Å². The summed E-state index contributed by atoms with van der Waals surface area (Å²) in [6.45, 7) is 6.26. The number of rotatable bonds is 7. The second-order valence-corrected chi connectivity index (χ2v) is 7.36. The highest BCUT2D eigenvalue weighted by atomic mass is 19.1. The fourth-order valence-electron chi connectivity index (χ4n) is 3.02. The Morgan fingerprint density at radius 3 is 2.54 bits per heavy atom. The molecule has 0 heterocycles. The molecule has 6 heteroatoms. The molecule has 2 amide bonds. The van der Waals surface area contributed by atoms with Crippen molar-refractivity contribution >= 4 is 17.5 Å². The first-order valence-electron chi connectivity index (χ1n) is 9.37. The number of likely N-dealkylation sites (N-methyl/N-ethyl adjacent to an activating group) is 2. The zero-order chi connectivity index (χ0) is 20.8. The van der Waals surface area contributed by atoms with Gasteiger partial charge in [0.2, 0.25) is 0 Å². The van der Waals surface area contributed by atoms with Crippen molar-refractivity contribution in [1.29, 1.82) is 0 Å². The maximum Gasteiger partial charge on any atom is 0.280 e. The number of quaternary nitrogens is 1. The molecule has 0 aliphatic carbocycles. The number of aryl methyl sites for hydroxylation is 1. The van der Waals surface area contributed by atoms with E-state index in [4.69, 9.17) is 0 Å². The van der Waals surface area contributed by atoms with Crippen LogP contribution in [0.15, 0.2) is 42.5 Å². The van der Waals surface area contributed by atoms with Gasteiger partial charge in [-0.2, -0.15) is 0 Å². The van der Waals surface area contributed by atoms with E-state index >= 15 is 0 Å². The van der Waals surface area contributed by atoms with E-state index < -0.39 is 6.04 Å². The fourth-order valence-corrected chi connectivity index (χ4v) is 3.02. The van der Waals surface area contributed by atoms with Gasteiger partial charge in [0.05, 0.1) is 7.05 Å². The molecule has 5 nitrogen and oxygen atoms in total. The molecule has 0 fully saturated rings. The van der Waals surface area contributed by atoms with Crippen molar-refractivity contribution < 1.29 is 18.9 Å². The molecule has 150 valence electrons. The van der Waals surface area contributed by atoms with Gasteiger partial charge in [0.25, 0.3) is 11.8 Å². The van der Waals surface area contributed by atoms with E-state index in [1.165, 1.54) is 12.1 Å². The van der Waals surface area contributed by atoms with E-state index in [0.717, 1.165) is 27.3 Å². The summed E-state index contributed by atoms with van der Waals surface area (Å²) in [5.74, 6) is -0.558. The Hall–Kier alpha value is -2.73. The Bertz CT molecular complexity index is 853. The van der Waals surface area contributed by atoms with Gasteiger partial charge in [-0.15, -0.1) is 0 Å². The molecule has 2 N–H and O–H groups in total. The smallest absolute Gasteiger partial charge is 0.280 e. The zero-order valence-electron chi connectivity index (χ0n) is 17.2. The Morgan fingerprint density at radius 1 is 1.18 bits per heavy atom. The molecule has 0 saturated heterocycles. The van der Waals surface area contributed by atoms with Crippen LogP contribution in [-0.4, -0.2) is 43.4 Å². The van der Waals surface area contributed by atoms with Gasteiger partial charge in [0.1, 0.15) is 5.82 Å². The highest BCUT2D eigenvalue weighted by Gasteiger charge is 2.27. The van der Waals surface area contributed by atoms with Crippen LogP contribution in [0, 0.1) is 19.7 Å². The Labute approximate surface area is 166 Å². The Kier molecular flexibility index (Phi) is 7.29. The lowest BCUT2D eigenvalue weighted by atomic mass is 10.1. The second-order valence-electron chi connectivity index (χ2n) is 7.36. The van der Waals surface area contributed by atoms with Crippen LogP contribution in [0.1, 0.15) is 23.6 Å². The van der Waals surface area contributed by atoms with Crippen molar-refractivity contribution in [2.75, 3.05) is 26.0 Å². The lowest BCUT2D eigenvalue weighted by Crippen LogP contribution is -3.15. The maximum atomic E-state index is 13.3. The first kappa shape index (κ1) is 21.6. The van der Waals surface area contributed by atoms with E-state index in [1.807, 2.05) is 39.1 Å².